The smallest absolute Gasteiger partial charge is 0.274 e. The Kier molecular flexibility index (Phi) is 6.42. The molecule has 0 aliphatic carbocycles. The molecular formula is C23H18F4N6O2S. The van der Waals surface area contributed by atoms with Gasteiger partial charge in [0.1, 0.15) is 10.7 Å². The van der Waals surface area contributed by atoms with Crippen LogP contribution in [0.5, 0.6) is 0 Å². The van der Waals surface area contributed by atoms with E-state index in [1.165, 1.54) is 46.0 Å². The highest BCUT2D eigenvalue weighted by atomic mass is 32.2. The van der Waals surface area contributed by atoms with Crippen LogP contribution in [0.2, 0.25) is 0 Å². The third-order valence-electron chi connectivity index (χ3n) is 5.32. The molecule has 0 bridgehead atoms. The van der Waals surface area contributed by atoms with Gasteiger partial charge in [0.05, 0.1) is 29.2 Å². The molecule has 0 amide bonds. The van der Waals surface area contributed by atoms with Crippen LogP contribution in [-0.2, 0) is 29.8 Å². The van der Waals surface area contributed by atoms with Crippen LogP contribution >= 0.6 is 0 Å². The van der Waals surface area contributed by atoms with Gasteiger partial charge in [0.2, 0.25) is 10.0 Å². The Labute approximate surface area is 203 Å². The Hall–Kier alpha value is -4.02. The van der Waals surface area contributed by atoms with Crippen LogP contribution in [0.1, 0.15) is 16.8 Å². The molecule has 8 nitrogen and oxygen atoms in total. The van der Waals surface area contributed by atoms with E-state index in [-0.39, 0.29) is 33.9 Å². The number of alkyl halides is 3. The normalized spacial score (nSPS) is 12.0. The number of sulfonamides is 1. The van der Waals surface area contributed by atoms with Gasteiger partial charge in [-0.25, -0.2) is 27.1 Å². The zero-order chi connectivity index (χ0) is 26.3. The quantitative estimate of drug-likeness (QED) is 0.294. The molecule has 0 saturated carbocycles. The summed E-state index contributed by atoms with van der Waals surface area (Å²) in [5, 5.41) is 8.21. The fourth-order valence-corrected chi connectivity index (χ4v) is 4.78. The molecule has 1 N–H and O–H groups in total. The monoisotopic (exact) mass is 518 g/mol. The van der Waals surface area contributed by atoms with Crippen molar-refractivity contribution < 1.29 is 26.0 Å². The molecule has 4 aromatic rings. The van der Waals surface area contributed by atoms with Crippen LogP contribution in [0.25, 0.3) is 21.8 Å². The van der Waals surface area contributed by atoms with Crippen LogP contribution in [-0.4, -0.2) is 28.0 Å². The zero-order valence-electron chi connectivity index (χ0n) is 18.9. The summed E-state index contributed by atoms with van der Waals surface area (Å²) in [5.74, 6) is -0.698. The molecule has 2 aromatic carbocycles. The van der Waals surface area contributed by atoms with E-state index in [2.05, 4.69) is 19.8 Å². The van der Waals surface area contributed by atoms with Crippen LogP contribution in [0.4, 0.5) is 23.2 Å². The van der Waals surface area contributed by atoms with Gasteiger partial charge in [0.15, 0.2) is 5.69 Å². The van der Waals surface area contributed by atoms with E-state index in [4.69, 9.17) is 6.57 Å². The lowest BCUT2D eigenvalue weighted by Crippen LogP contribution is -2.24. The largest absolute Gasteiger partial charge is 0.407 e. The number of hydrogen-bond acceptors (Lipinski definition) is 4. The summed E-state index contributed by atoms with van der Waals surface area (Å²) in [6.45, 7) is 8.18. The van der Waals surface area contributed by atoms with Gasteiger partial charge in [0.25, 0.3) is 0 Å². The minimum Gasteiger partial charge on any atom is -0.274 e. The topological polar surface area (TPSA) is 86.2 Å². The molecule has 0 spiro atoms. The van der Waals surface area contributed by atoms with Crippen LogP contribution in [0, 0.1) is 19.3 Å². The minimum absolute atomic E-state index is 0.00999. The predicted octanol–water partition coefficient (Wildman–Crippen LogP) is 4.77. The third kappa shape index (κ3) is 5.00. The predicted molar refractivity (Wildman–Crippen MR) is 122 cm³/mol. The summed E-state index contributed by atoms with van der Waals surface area (Å²) in [5.41, 5.74) is -0.571. The molecule has 0 aliphatic heterocycles. The molecule has 186 valence electrons. The summed E-state index contributed by atoms with van der Waals surface area (Å²) in [4.78, 5) is 2.90. The van der Waals surface area contributed by atoms with Gasteiger partial charge in [-0.05, 0) is 25.1 Å². The Bertz CT molecular complexity index is 1600. The number of halogens is 4. The second-order valence-corrected chi connectivity index (χ2v) is 9.58. The van der Waals surface area contributed by atoms with Crippen molar-refractivity contribution in [3.63, 3.8) is 0 Å². The highest BCUT2D eigenvalue weighted by Crippen LogP contribution is 2.38. The fourth-order valence-electron chi connectivity index (χ4n) is 3.56. The first-order valence-corrected chi connectivity index (χ1v) is 11.8. The summed E-state index contributed by atoms with van der Waals surface area (Å²) >= 11 is 0. The second kappa shape index (κ2) is 9.21. The first-order chi connectivity index (χ1) is 16.9. The van der Waals surface area contributed by atoms with Gasteiger partial charge >= 0.3 is 6.18 Å². The van der Waals surface area contributed by atoms with Gasteiger partial charge in [-0.3, -0.25) is 4.68 Å². The van der Waals surface area contributed by atoms with Crippen molar-refractivity contribution in [2.75, 3.05) is 0 Å². The second-order valence-electron chi connectivity index (χ2n) is 7.84. The van der Waals surface area contributed by atoms with Gasteiger partial charge in [0, 0.05) is 37.1 Å². The van der Waals surface area contributed by atoms with Crippen LogP contribution in [0.15, 0.2) is 59.8 Å². The van der Waals surface area contributed by atoms with Gasteiger partial charge < -0.3 is 0 Å². The maximum absolute atomic E-state index is 14.7. The fraction of sp³-hybridized carbons (Fsp3) is 0.174. The molecule has 2 aromatic heterocycles. The first-order valence-electron chi connectivity index (χ1n) is 10.3. The van der Waals surface area contributed by atoms with Gasteiger partial charge in [-0.1, -0.05) is 24.3 Å². The third-order valence-corrected chi connectivity index (χ3v) is 6.82. The van der Waals surface area contributed by atoms with Gasteiger partial charge in [-0.2, -0.15) is 23.4 Å². The summed E-state index contributed by atoms with van der Waals surface area (Å²) in [6, 6.07) is 8.77. The first kappa shape index (κ1) is 25.1. The number of hydrogen-bond donors (Lipinski definition) is 1. The van der Waals surface area contributed by atoms with Crippen molar-refractivity contribution in [3.05, 3.63) is 88.9 Å². The van der Waals surface area contributed by atoms with E-state index < -0.39 is 33.3 Å². The molecule has 2 heterocycles. The average molecular weight is 518 g/mol. The standard InChI is InChI=1S/C23H18F4N6O2S/c1-14-22(13-32(3)30-14)36(34,35)29-12-16-4-6-17(11-19(16)24)33-9-8-20(31-33)15-5-7-21(28-2)18(10-15)23(25,26)27/h4-11,13,29H,12H2,1,3H3. The summed E-state index contributed by atoms with van der Waals surface area (Å²) in [7, 11) is -2.32. The van der Waals surface area contributed by atoms with Crippen molar-refractivity contribution in [2.45, 2.75) is 24.5 Å². The van der Waals surface area contributed by atoms with E-state index in [0.29, 0.717) is 5.69 Å². The molecule has 0 radical (unpaired) electrons. The van der Waals surface area contributed by atoms with E-state index in [0.717, 1.165) is 18.2 Å². The lowest BCUT2D eigenvalue weighted by molar-refractivity contribution is -0.136. The molecule has 0 aliphatic rings. The van der Waals surface area contributed by atoms with Crippen molar-refractivity contribution >= 4 is 15.7 Å². The van der Waals surface area contributed by atoms with Crippen LogP contribution in [0.3, 0.4) is 0 Å². The number of nitrogens with one attached hydrogen (secondary N) is 1. The van der Waals surface area contributed by atoms with Crippen molar-refractivity contribution in [3.8, 4) is 16.9 Å². The number of aromatic nitrogens is 4. The number of benzene rings is 2. The molecule has 0 unspecified atom stereocenters. The summed E-state index contributed by atoms with van der Waals surface area (Å²) in [6.07, 6.45) is -1.90. The Balaban J connectivity index is 1.55. The minimum atomic E-state index is -4.70. The molecular weight excluding hydrogens is 500 g/mol. The Morgan fingerprint density at radius 1 is 1.11 bits per heavy atom. The number of nitrogens with zero attached hydrogens (tertiary/aromatic N) is 5. The van der Waals surface area contributed by atoms with Gasteiger partial charge in [-0.15, -0.1) is 0 Å². The summed E-state index contributed by atoms with van der Waals surface area (Å²) < 4.78 is 84.6. The molecule has 0 fully saturated rings. The highest BCUT2D eigenvalue weighted by molar-refractivity contribution is 7.89. The number of aryl methyl sites for hydroxylation is 2. The molecule has 4 rings (SSSR count). The maximum atomic E-state index is 14.7. The van der Waals surface area contributed by atoms with E-state index in [1.807, 2.05) is 0 Å². The van der Waals surface area contributed by atoms with Crippen molar-refractivity contribution in [1.82, 2.24) is 24.3 Å². The molecule has 0 atom stereocenters. The Morgan fingerprint density at radius 2 is 1.86 bits per heavy atom. The lowest BCUT2D eigenvalue weighted by Gasteiger charge is -2.10. The van der Waals surface area contributed by atoms with Crippen LogP contribution < -0.4 is 4.72 Å². The lowest BCUT2D eigenvalue weighted by atomic mass is 10.1. The molecule has 36 heavy (non-hydrogen) atoms. The van der Waals surface area contributed by atoms with E-state index >= 15 is 0 Å². The average Bonchev–Trinajstić information content (AvgIpc) is 3.44. The maximum Gasteiger partial charge on any atom is 0.407 e. The van der Waals surface area contributed by atoms with Crippen molar-refractivity contribution in [1.29, 1.82) is 0 Å². The molecule has 13 heteroatoms. The molecule has 0 saturated heterocycles. The van der Waals surface area contributed by atoms with Crippen molar-refractivity contribution in [2.24, 2.45) is 7.05 Å². The number of rotatable bonds is 6. The zero-order valence-corrected chi connectivity index (χ0v) is 19.7. The van der Waals surface area contributed by atoms with E-state index in [9.17, 15) is 26.0 Å². The highest BCUT2D eigenvalue weighted by Gasteiger charge is 2.33. The Morgan fingerprint density at radius 3 is 2.47 bits per heavy atom. The SMILES string of the molecule is [C-]#[N+]c1ccc(-c2ccn(-c3ccc(CNS(=O)(=O)c4cn(C)nc4C)c(F)c3)n2)cc1C(F)(F)F. The van der Waals surface area contributed by atoms with E-state index in [1.54, 1.807) is 14.0 Å².